The summed E-state index contributed by atoms with van der Waals surface area (Å²) >= 11 is 12.4. The first-order valence-corrected chi connectivity index (χ1v) is 8.54. The molecule has 0 bridgehead atoms. The Bertz CT molecular complexity index is 862. The van der Waals surface area contributed by atoms with Crippen LogP contribution in [0.3, 0.4) is 0 Å². The summed E-state index contributed by atoms with van der Waals surface area (Å²) in [6.45, 7) is 6.95. The molecule has 0 aliphatic rings. The number of nitrogens with zero attached hydrogens (tertiary/aromatic N) is 2. The number of fused-ring (bicyclic) bond motifs is 1. The van der Waals surface area contributed by atoms with Crippen LogP contribution in [0.25, 0.3) is 10.9 Å². The minimum Gasteiger partial charge on any atom is -0.480 e. The van der Waals surface area contributed by atoms with E-state index in [4.69, 9.17) is 27.9 Å². The fraction of sp³-hybridized carbons (Fsp3) is 0.389. The predicted octanol–water partition coefficient (Wildman–Crippen LogP) is 4.28. The number of carbonyl (C=O) groups excluding carboxylic acids is 1. The SMILES string of the molecule is Cc1ccc2c(Cl)cc(Cl)c(OCC(=O)NC(C)(C#N)C(C)C)c2n1. The highest BCUT2D eigenvalue weighted by atomic mass is 35.5. The van der Waals surface area contributed by atoms with Gasteiger partial charge >= 0.3 is 0 Å². The van der Waals surface area contributed by atoms with Crippen LogP contribution in [0.1, 0.15) is 26.5 Å². The average Bonchev–Trinajstić information content (AvgIpc) is 2.53. The maximum atomic E-state index is 12.2. The number of nitrogens with one attached hydrogen (secondary N) is 1. The number of rotatable bonds is 5. The molecule has 0 saturated carbocycles. The Morgan fingerprint density at radius 1 is 1.40 bits per heavy atom. The van der Waals surface area contributed by atoms with Crippen LogP contribution in [0.15, 0.2) is 18.2 Å². The van der Waals surface area contributed by atoms with Crippen molar-refractivity contribution in [2.24, 2.45) is 5.92 Å². The third kappa shape index (κ3) is 4.15. The molecule has 5 nitrogen and oxygen atoms in total. The van der Waals surface area contributed by atoms with Crippen LogP contribution >= 0.6 is 23.2 Å². The summed E-state index contributed by atoms with van der Waals surface area (Å²) in [7, 11) is 0. The standard InChI is InChI=1S/C18H19Cl2N3O2/c1-10(2)18(4,9-21)23-15(24)8-25-17-14(20)7-13(19)12-6-5-11(3)22-16(12)17/h5-7,10H,8H2,1-4H3,(H,23,24). The number of aromatic nitrogens is 1. The van der Waals surface area contributed by atoms with Gasteiger partial charge in [0.15, 0.2) is 12.4 Å². The third-order valence-electron chi connectivity index (χ3n) is 4.11. The molecule has 0 aliphatic carbocycles. The van der Waals surface area contributed by atoms with Gasteiger partial charge in [-0.3, -0.25) is 4.79 Å². The van der Waals surface area contributed by atoms with E-state index in [-0.39, 0.29) is 17.5 Å². The van der Waals surface area contributed by atoms with Crippen LogP contribution in [0.2, 0.25) is 10.0 Å². The molecule has 2 aromatic rings. The summed E-state index contributed by atoms with van der Waals surface area (Å²) in [5.41, 5.74) is 0.301. The van der Waals surface area contributed by atoms with E-state index in [9.17, 15) is 10.1 Å². The molecule has 1 unspecified atom stereocenters. The number of hydrogen-bond donors (Lipinski definition) is 1. The summed E-state index contributed by atoms with van der Waals surface area (Å²) in [5, 5.41) is 13.4. The highest BCUT2D eigenvalue weighted by molar-refractivity contribution is 6.39. The van der Waals surface area contributed by atoms with Crippen molar-refractivity contribution < 1.29 is 9.53 Å². The lowest BCUT2D eigenvalue weighted by Gasteiger charge is -2.27. The maximum Gasteiger partial charge on any atom is 0.259 e. The number of carbonyl (C=O) groups is 1. The largest absolute Gasteiger partial charge is 0.480 e. The second-order valence-corrected chi connectivity index (χ2v) is 7.14. The van der Waals surface area contributed by atoms with Gasteiger partial charge in [0.1, 0.15) is 11.1 Å². The maximum absolute atomic E-state index is 12.2. The lowest BCUT2D eigenvalue weighted by molar-refractivity contribution is -0.124. The lowest BCUT2D eigenvalue weighted by atomic mass is 9.90. The third-order valence-corrected chi connectivity index (χ3v) is 4.70. The van der Waals surface area contributed by atoms with Gasteiger partial charge in [0.25, 0.3) is 5.91 Å². The van der Waals surface area contributed by atoms with Gasteiger partial charge in [0.05, 0.1) is 16.1 Å². The van der Waals surface area contributed by atoms with Gasteiger partial charge in [-0.1, -0.05) is 37.0 Å². The first kappa shape index (κ1) is 19.3. The Hall–Kier alpha value is -2.03. The Morgan fingerprint density at radius 2 is 2.08 bits per heavy atom. The quantitative estimate of drug-likeness (QED) is 0.840. The highest BCUT2D eigenvalue weighted by Crippen LogP contribution is 2.37. The molecule has 25 heavy (non-hydrogen) atoms. The van der Waals surface area contributed by atoms with Crippen LogP contribution in [-0.4, -0.2) is 23.0 Å². The minimum atomic E-state index is -0.971. The van der Waals surface area contributed by atoms with Crippen LogP contribution in [-0.2, 0) is 4.79 Å². The average molecular weight is 380 g/mol. The number of aryl methyl sites for hydroxylation is 1. The van der Waals surface area contributed by atoms with Gasteiger partial charge in [0.2, 0.25) is 0 Å². The van der Waals surface area contributed by atoms with Crippen molar-refractivity contribution in [1.82, 2.24) is 10.3 Å². The minimum absolute atomic E-state index is 0.0503. The molecular weight excluding hydrogens is 361 g/mol. The number of ether oxygens (including phenoxy) is 1. The van der Waals surface area contributed by atoms with Gasteiger partial charge in [-0.2, -0.15) is 5.26 Å². The fourth-order valence-corrected chi connectivity index (χ4v) is 2.76. The number of halogens is 2. The molecule has 0 radical (unpaired) electrons. The van der Waals surface area contributed by atoms with Crippen molar-refractivity contribution >= 4 is 40.0 Å². The van der Waals surface area contributed by atoms with E-state index in [0.29, 0.717) is 21.7 Å². The molecular formula is C18H19Cl2N3O2. The normalized spacial score (nSPS) is 13.4. The summed E-state index contributed by atoms with van der Waals surface area (Å²) in [4.78, 5) is 16.6. The molecule has 1 amide bonds. The van der Waals surface area contributed by atoms with Gasteiger partial charge in [-0.05, 0) is 38.0 Å². The van der Waals surface area contributed by atoms with Crippen molar-refractivity contribution in [3.05, 3.63) is 33.9 Å². The first-order chi connectivity index (χ1) is 11.7. The molecule has 0 aliphatic heterocycles. The molecule has 1 heterocycles. The fourth-order valence-electron chi connectivity index (χ4n) is 2.19. The van der Waals surface area contributed by atoms with Crippen molar-refractivity contribution in [3.8, 4) is 11.8 Å². The number of benzene rings is 1. The van der Waals surface area contributed by atoms with Crippen molar-refractivity contribution in [1.29, 1.82) is 5.26 Å². The van der Waals surface area contributed by atoms with Gasteiger partial charge < -0.3 is 10.1 Å². The predicted molar refractivity (Wildman–Crippen MR) is 99.0 cm³/mol. The molecule has 132 valence electrons. The Morgan fingerprint density at radius 3 is 2.68 bits per heavy atom. The zero-order valence-electron chi connectivity index (χ0n) is 14.5. The van der Waals surface area contributed by atoms with Gasteiger partial charge in [-0.15, -0.1) is 0 Å². The van der Waals surface area contributed by atoms with E-state index >= 15 is 0 Å². The van der Waals surface area contributed by atoms with Gasteiger partial charge in [0, 0.05) is 11.1 Å². The molecule has 1 atom stereocenters. The number of amides is 1. The zero-order chi connectivity index (χ0) is 18.8. The molecule has 2 rings (SSSR count). The van der Waals surface area contributed by atoms with Crippen LogP contribution in [0, 0.1) is 24.2 Å². The highest BCUT2D eigenvalue weighted by Gasteiger charge is 2.30. The van der Waals surface area contributed by atoms with E-state index in [1.165, 1.54) is 0 Å². The van der Waals surface area contributed by atoms with Crippen LogP contribution < -0.4 is 10.1 Å². The summed E-state index contributed by atoms with van der Waals surface area (Å²) < 4.78 is 5.62. The van der Waals surface area contributed by atoms with Crippen molar-refractivity contribution in [3.63, 3.8) is 0 Å². The molecule has 1 aromatic carbocycles. The second-order valence-electron chi connectivity index (χ2n) is 6.32. The molecule has 7 heteroatoms. The lowest BCUT2D eigenvalue weighted by Crippen LogP contribution is -2.50. The monoisotopic (exact) mass is 379 g/mol. The Labute approximate surface area is 156 Å². The molecule has 0 fully saturated rings. The van der Waals surface area contributed by atoms with Crippen LogP contribution in [0.4, 0.5) is 0 Å². The second kappa shape index (κ2) is 7.47. The van der Waals surface area contributed by atoms with E-state index < -0.39 is 11.4 Å². The topological polar surface area (TPSA) is 75.0 Å². The number of nitriles is 1. The van der Waals surface area contributed by atoms with Gasteiger partial charge in [-0.25, -0.2) is 4.98 Å². The molecule has 0 spiro atoms. The smallest absolute Gasteiger partial charge is 0.259 e. The van der Waals surface area contributed by atoms with E-state index in [0.717, 1.165) is 5.69 Å². The summed E-state index contributed by atoms with van der Waals surface area (Å²) in [6.07, 6.45) is 0. The number of hydrogen-bond acceptors (Lipinski definition) is 4. The first-order valence-electron chi connectivity index (χ1n) is 7.78. The van der Waals surface area contributed by atoms with E-state index in [1.54, 1.807) is 13.0 Å². The zero-order valence-corrected chi connectivity index (χ0v) is 16.0. The van der Waals surface area contributed by atoms with Crippen LogP contribution in [0.5, 0.6) is 5.75 Å². The summed E-state index contributed by atoms with van der Waals surface area (Å²) in [5.74, 6) is -0.168. The van der Waals surface area contributed by atoms with E-state index in [1.807, 2.05) is 32.9 Å². The van der Waals surface area contributed by atoms with E-state index in [2.05, 4.69) is 16.4 Å². The van der Waals surface area contributed by atoms with Crippen molar-refractivity contribution in [2.75, 3.05) is 6.61 Å². The Kier molecular flexibility index (Phi) is 5.76. The number of pyridine rings is 1. The molecule has 1 N–H and O–H groups in total. The molecule has 1 aromatic heterocycles. The van der Waals surface area contributed by atoms with Crippen molar-refractivity contribution in [2.45, 2.75) is 33.2 Å². The molecule has 0 saturated heterocycles. The Balaban J connectivity index is 2.25. The summed E-state index contributed by atoms with van der Waals surface area (Å²) in [6, 6.07) is 7.34.